The number of amides is 1. The molecule has 0 spiro atoms. The van der Waals surface area contributed by atoms with E-state index >= 15 is 0 Å². The number of carbonyl (C=O) groups is 2. The van der Waals surface area contributed by atoms with Crippen molar-refractivity contribution >= 4 is 11.9 Å². The molecule has 162 valence electrons. The van der Waals surface area contributed by atoms with E-state index < -0.39 is 36.0 Å². The van der Waals surface area contributed by atoms with Crippen molar-refractivity contribution in [2.45, 2.75) is 26.3 Å². The molecule has 0 aliphatic heterocycles. The third-order valence-corrected chi connectivity index (χ3v) is 4.57. The Bertz CT molecular complexity index is 1110. The van der Waals surface area contributed by atoms with Gasteiger partial charge in [-0.2, -0.15) is 9.78 Å². The van der Waals surface area contributed by atoms with Crippen LogP contribution in [0.1, 0.15) is 41.0 Å². The summed E-state index contributed by atoms with van der Waals surface area (Å²) < 4.78 is 34.4. The maximum absolute atomic E-state index is 14.2. The lowest BCUT2D eigenvalue weighted by Gasteiger charge is -2.19. The Hall–Kier alpha value is -3.75. The second-order valence-corrected chi connectivity index (χ2v) is 6.79. The van der Waals surface area contributed by atoms with E-state index in [0.717, 1.165) is 0 Å². The summed E-state index contributed by atoms with van der Waals surface area (Å²) in [7, 11) is 0. The molecule has 1 heterocycles. The lowest BCUT2D eigenvalue weighted by atomic mass is 9.98. The van der Waals surface area contributed by atoms with E-state index in [0.29, 0.717) is 11.1 Å². The van der Waals surface area contributed by atoms with Gasteiger partial charge in [-0.1, -0.05) is 18.2 Å². The molecule has 3 rings (SSSR count). The van der Waals surface area contributed by atoms with Crippen LogP contribution in [0.5, 0.6) is 5.88 Å². The Labute approximate surface area is 177 Å². The van der Waals surface area contributed by atoms with E-state index in [9.17, 15) is 23.5 Å². The summed E-state index contributed by atoms with van der Waals surface area (Å²) in [6.07, 6.45) is -0.412. The number of benzene rings is 2. The van der Waals surface area contributed by atoms with Gasteiger partial charge in [0.25, 0.3) is 5.91 Å². The normalized spacial score (nSPS) is 11.7. The molecule has 0 aliphatic carbocycles. The lowest BCUT2D eigenvalue weighted by molar-refractivity contribution is -0.137. The number of nitrogens with zero attached hydrogens (tertiary/aromatic N) is 2. The van der Waals surface area contributed by atoms with Gasteiger partial charge < -0.3 is 15.2 Å². The lowest BCUT2D eigenvalue weighted by Crippen LogP contribution is -2.31. The number of hydrogen-bond donors (Lipinski definition) is 2. The zero-order valence-corrected chi connectivity index (χ0v) is 16.9. The SMILES string of the molecule is CCOc1cc(C(=O)NC(CC(=O)O)c2ccc(F)cc2C)nn1-c1ccccc1F. The van der Waals surface area contributed by atoms with Crippen molar-refractivity contribution in [2.75, 3.05) is 6.61 Å². The Kier molecular flexibility index (Phi) is 6.64. The maximum Gasteiger partial charge on any atom is 0.305 e. The zero-order valence-electron chi connectivity index (χ0n) is 16.9. The van der Waals surface area contributed by atoms with Crippen molar-refractivity contribution in [1.29, 1.82) is 0 Å². The minimum Gasteiger partial charge on any atom is -0.481 e. The second kappa shape index (κ2) is 9.38. The average molecular weight is 429 g/mol. The number of carboxylic acid groups (broad SMARTS) is 1. The standard InChI is InChI=1S/C22H21F2N3O4/c1-3-31-20-11-18(26-27(20)19-7-5-4-6-16(19)24)22(30)25-17(12-21(28)29)15-9-8-14(23)10-13(15)2/h4-11,17H,3,12H2,1-2H3,(H,25,30)(H,28,29). The van der Waals surface area contributed by atoms with Crippen LogP contribution in [0.2, 0.25) is 0 Å². The summed E-state index contributed by atoms with van der Waals surface area (Å²) in [5.41, 5.74) is 0.984. The summed E-state index contributed by atoms with van der Waals surface area (Å²) in [6, 6.07) is 10.2. The molecular formula is C22H21F2N3O4. The fourth-order valence-corrected chi connectivity index (χ4v) is 3.20. The van der Waals surface area contributed by atoms with Gasteiger partial charge in [-0.25, -0.2) is 8.78 Å². The average Bonchev–Trinajstić information content (AvgIpc) is 3.12. The summed E-state index contributed by atoms with van der Waals surface area (Å²) >= 11 is 0. The number of halogens is 2. The molecule has 0 fully saturated rings. The molecule has 2 N–H and O–H groups in total. The summed E-state index contributed by atoms with van der Waals surface area (Å²) in [5.74, 6) is -2.67. The van der Waals surface area contributed by atoms with Gasteiger partial charge in [0, 0.05) is 6.07 Å². The number of carboxylic acids is 1. The first-order valence-electron chi connectivity index (χ1n) is 9.56. The summed E-state index contributed by atoms with van der Waals surface area (Å²) in [6.45, 7) is 3.62. The molecule has 0 saturated heterocycles. The van der Waals surface area contributed by atoms with Crippen molar-refractivity contribution < 1.29 is 28.2 Å². The van der Waals surface area contributed by atoms with Crippen molar-refractivity contribution in [3.8, 4) is 11.6 Å². The molecule has 0 radical (unpaired) electrons. The highest BCUT2D eigenvalue weighted by molar-refractivity contribution is 5.93. The quantitative estimate of drug-likeness (QED) is 0.568. The van der Waals surface area contributed by atoms with Gasteiger partial charge in [0.15, 0.2) is 5.69 Å². The highest BCUT2D eigenvalue weighted by Crippen LogP contribution is 2.25. The molecule has 1 aromatic heterocycles. The highest BCUT2D eigenvalue weighted by Gasteiger charge is 2.24. The molecule has 31 heavy (non-hydrogen) atoms. The number of ether oxygens (including phenoxy) is 1. The Morgan fingerprint density at radius 3 is 2.58 bits per heavy atom. The number of rotatable bonds is 8. The first kappa shape index (κ1) is 21.9. The first-order chi connectivity index (χ1) is 14.8. The number of carbonyl (C=O) groups excluding carboxylic acids is 1. The smallest absolute Gasteiger partial charge is 0.305 e. The van der Waals surface area contributed by atoms with E-state index in [1.54, 1.807) is 19.9 Å². The van der Waals surface area contributed by atoms with Gasteiger partial charge in [-0.3, -0.25) is 9.59 Å². The molecule has 0 aliphatic rings. The number of para-hydroxylation sites is 1. The number of nitrogens with one attached hydrogen (secondary N) is 1. The maximum atomic E-state index is 14.2. The van der Waals surface area contributed by atoms with Gasteiger partial charge in [0.05, 0.1) is 19.1 Å². The van der Waals surface area contributed by atoms with E-state index in [-0.39, 0.29) is 23.9 Å². The van der Waals surface area contributed by atoms with Gasteiger partial charge >= 0.3 is 5.97 Å². The monoisotopic (exact) mass is 429 g/mol. The molecule has 3 aromatic rings. The van der Waals surface area contributed by atoms with E-state index in [2.05, 4.69) is 10.4 Å². The third-order valence-electron chi connectivity index (χ3n) is 4.57. The van der Waals surface area contributed by atoms with Crippen LogP contribution in [-0.2, 0) is 4.79 Å². The van der Waals surface area contributed by atoms with Crippen molar-refractivity contribution in [1.82, 2.24) is 15.1 Å². The molecule has 1 unspecified atom stereocenters. The minimum atomic E-state index is -1.14. The topological polar surface area (TPSA) is 93.4 Å². The Morgan fingerprint density at radius 2 is 1.94 bits per heavy atom. The highest BCUT2D eigenvalue weighted by atomic mass is 19.1. The number of hydrogen-bond acceptors (Lipinski definition) is 4. The molecule has 9 heteroatoms. The fraction of sp³-hybridized carbons (Fsp3) is 0.227. The third kappa shape index (κ3) is 5.06. The van der Waals surface area contributed by atoms with Crippen LogP contribution in [0.15, 0.2) is 48.5 Å². The van der Waals surface area contributed by atoms with Crippen molar-refractivity contribution in [3.63, 3.8) is 0 Å². The molecule has 2 aromatic carbocycles. The molecule has 0 saturated carbocycles. The molecular weight excluding hydrogens is 408 g/mol. The predicted molar refractivity (Wildman–Crippen MR) is 108 cm³/mol. The van der Waals surface area contributed by atoms with Gasteiger partial charge in [0.1, 0.15) is 17.3 Å². The van der Waals surface area contributed by atoms with Crippen LogP contribution in [0.4, 0.5) is 8.78 Å². The zero-order chi connectivity index (χ0) is 22.5. The minimum absolute atomic E-state index is 0.0816. The Balaban J connectivity index is 1.94. The van der Waals surface area contributed by atoms with E-state index in [1.807, 2.05) is 0 Å². The summed E-state index contributed by atoms with van der Waals surface area (Å²) in [5, 5.41) is 16.0. The van der Waals surface area contributed by atoms with Crippen LogP contribution in [0.25, 0.3) is 5.69 Å². The van der Waals surface area contributed by atoms with Crippen LogP contribution in [0.3, 0.4) is 0 Å². The molecule has 7 nitrogen and oxygen atoms in total. The van der Waals surface area contributed by atoms with E-state index in [1.165, 1.54) is 47.1 Å². The van der Waals surface area contributed by atoms with Gasteiger partial charge in [0.2, 0.25) is 5.88 Å². The second-order valence-electron chi connectivity index (χ2n) is 6.79. The Morgan fingerprint density at radius 1 is 1.19 bits per heavy atom. The fourth-order valence-electron chi connectivity index (χ4n) is 3.20. The predicted octanol–water partition coefficient (Wildman–Crippen LogP) is 3.80. The molecule has 1 amide bonds. The van der Waals surface area contributed by atoms with Crippen molar-refractivity contribution in [2.24, 2.45) is 0 Å². The van der Waals surface area contributed by atoms with Crippen LogP contribution < -0.4 is 10.1 Å². The van der Waals surface area contributed by atoms with Gasteiger partial charge in [-0.05, 0) is 49.2 Å². The summed E-state index contributed by atoms with van der Waals surface area (Å²) in [4.78, 5) is 24.2. The first-order valence-corrected chi connectivity index (χ1v) is 9.56. The van der Waals surface area contributed by atoms with Crippen LogP contribution in [-0.4, -0.2) is 33.4 Å². The van der Waals surface area contributed by atoms with E-state index in [4.69, 9.17) is 4.74 Å². The largest absolute Gasteiger partial charge is 0.481 e. The number of aryl methyl sites for hydroxylation is 1. The van der Waals surface area contributed by atoms with Gasteiger partial charge in [-0.15, -0.1) is 0 Å². The van der Waals surface area contributed by atoms with Crippen LogP contribution in [0, 0.1) is 18.6 Å². The van der Waals surface area contributed by atoms with Crippen molar-refractivity contribution in [3.05, 3.63) is 77.0 Å². The van der Waals surface area contributed by atoms with Crippen LogP contribution >= 0.6 is 0 Å². The molecule has 0 bridgehead atoms. The number of aliphatic carboxylic acids is 1. The molecule has 1 atom stereocenters. The number of aromatic nitrogens is 2.